The second kappa shape index (κ2) is 9.02. The average molecular weight is 474 g/mol. The van der Waals surface area contributed by atoms with Gasteiger partial charge in [0.05, 0.1) is 15.7 Å². The van der Waals surface area contributed by atoms with E-state index in [0.29, 0.717) is 22.0 Å². The van der Waals surface area contributed by atoms with Crippen molar-refractivity contribution >= 4 is 58.4 Å². The van der Waals surface area contributed by atoms with Gasteiger partial charge in [-0.25, -0.2) is 5.01 Å². The van der Waals surface area contributed by atoms with Gasteiger partial charge in [0, 0.05) is 5.02 Å². The molecular weight excluding hydrogens is 459 g/mol. The average Bonchev–Trinajstić information content (AvgIpc) is 3.03. The maximum Gasteiger partial charge on any atom is 0.282 e. The van der Waals surface area contributed by atoms with Gasteiger partial charge in [0.2, 0.25) is 0 Å². The van der Waals surface area contributed by atoms with Crippen molar-refractivity contribution in [2.24, 2.45) is 0 Å². The van der Waals surface area contributed by atoms with Crippen LogP contribution in [0.25, 0.3) is 6.08 Å². The van der Waals surface area contributed by atoms with Crippen LogP contribution < -0.4 is 15.2 Å². The molecule has 156 valence electrons. The molecule has 0 aromatic heterocycles. The number of benzene rings is 3. The Bertz CT molecular complexity index is 1160. The fraction of sp³-hybridized carbons (Fsp3) is 0.0435. The molecule has 0 atom stereocenters. The largest absolute Gasteiger partial charge is 0.486 e. The summed E-state index contributed by atoms with van der Waals surface area (Å²) in [6.07, 6.45) is 1.45. The van der Waals surface area contributed by atoms with Crippen molar-refractivity contribution in [1.82, 2.24) is 5.43 Å². The van der Waals surface area contributed by atoms with E-state index in [1.807, 2.05) is 18.2 Å². The Morgan fingerprint density at radius 1 is 0.903 bits per heavy atom. The summed E-state index contributed by atoms with van der Waals surface area (Å²) in [5.41, 5.74) is 4.49. The van der Waals surface area contributed by atoms with Crippen molar-refractivity contribution in [2.75, 3.05) is 5.01 Å². The molecule has 31 heavy (non-hydrogen) atoms. The molecule has 0 bridgehead atoms. The van der Waals surface area contributed by atoms with Crippen molar-refractivity contribution < 1.29 is 14.3 Å². The number of anilines is 1. The zero-order valence-electron chi connectivity index (χ0n) is 15.9. The van der Waals surface area contributed by atoms with Gasteiger partial charge in [0.25, 0.3) is 11.8 Å². The first kappa shape index (κ1) is 21.2. The van der Waals surface area contributed by atoms with Crippen molar-refractivity contribution in [1.29, 1.82) is 0 Å². The summed E-state index contributed by atoms with van der Waals surface area (Å²) >= 11 is 18.6. The molecule has 3 aromatic carbocycles. The van der Waals surface area contributed by atoms with Gasteiger partial charge < -0.3 is 4.74 Å². The summed E-state index contributed by atoms with van der Waals surface area (Å²) in [5.74, 6) is -0.663. The Kier molecular flexibility index (Phi) is 6.18. The second-order valence-corrected chi connectivity index (χ2v) is 7.95. The van der Waals surface area contributed by atoms with Crippen LogP contribution in [0.15, 0.2) is 72.3 Å². The lowest BCUT2D eigenvalue weighted by Gasteiger charge is -2.14. The van der Waals surface area contributed by atoms with Gasteiger partial charge in [-0.05, 0) is 53.6 Å². The van der Waals surface area contributed by atoms with Gasteiger partial charge in [0.1, 0.15) is 12.2 Å². The first-order valence-corrected chi connectivity index (χ1v) is 10.3. The lowest BCUT2D eigenvalue weighted by Crippen LogP contribution is -2.35. The van der Waals surface area contributed by atoms with E-state index >= 15 is 0 Å². The normalized spacial score (nSPS) is 14.8. The molecule has 1 N–H and O–H groups in total. The van der Waals surface area contributed by atoms with E-state index in [-0.39, 0.29) is 22.2 Å². The van der Waals surface area contributed by atoms with E-state index in [4.69, 9.17) is 39.5 Å². The Hall–Kier alpha value is -2.99. The minimum Gasteiger partial charge on any atom is -0.486 e. The number of halogens is 3. The topological polar surface area (TPSA) is 58.6 Å². The van der Waals surface area contributed by atoms with Crippen LogP contribution in [0, 0.1) is 0 Å². The van der Waals surface area contributed by atoms with Crippen LogP contribution in [0.2, 0.25) is 15.1 Å². The molecule has 5 nitrogen and oxygen atoms in total. The minimum atomic E-state index is -0.510. The molecule has 0 aliphatic carbocycles. The smallest absolute Gasteiger partial charge is 0.282 e. The zero-order chi connectivity index (χ0) is 22.0. The maximum absolute atomic E-state index is 12.7. The Morgan fingerprint density at radius 2 is 1.55 bits per heavy atom. The lowest BCUT2D eigenvalue weighted by atomic mass is 10.1. The van der Waals surface area contributed by atoms with Crippen LogP contribution in [0.4, 0.5) is 5.69 Å². The summed E-state index contributed by atoms with van der Waals surface area (Å²) in [6.45, 7) is 0.254. The monoisotopic (exact) mass is 472 g/mol. The number of nitrogens with one attached hydrogen (secondary N) is 1. The molecule has 2 amide bonds. The third kappa shape index (κ3) is 4.69. The molecule has 0 saturated carbocycles. The lowest BCUT2D eigenvalue weighted by molar-refractivity contribution is -0.117. The number of rotatable bonds is 5. The van der Waals surface area contributed by atoms with E-state index in [0.717, 1.165) is 5.56 Å². The SMILES string of the molecule is O=C1NN(c2ccccc2)C(=O)/C1=C\c1cc(Cl)c(OCc2ccc(Cl)cc2)c(Cl)c1. The molecule has 1 heterocycles. The number of hydrogen-bond donors (Lipinski definition) is 1. The highest BCUT2D eigenvalue weighted by Crippen LogP contribution is 2.36. The molecular formula is C23H15Cl3N2O3. The number of para-hydroxylation sites is 1. The van der Waals surface area contributed by atoms with Gasteiger partial charge in [-0.3, -0.25) is 15.0 Å². The Balaban J connectivity index is 1.55. The fourth-order valence-corrected chi connectivity index (χ4v) is 3.76. The summed E-state index contributed by atoms with van der Waals surface area (Å²) in [6, 6.07) is 19.2. The summed E-state index contributed by atoms with van der Waals surface area (Å²) in [4.78, 5) is 25.1. The number of carbonyl (C=O) groups excluding carboxylic acids is 2. The standard InChI is InChI=1S/C23H15Cl3N2O3/c24-16-8-6-14(7-9-16)13-31-21-19(25)11-15(12-20(21)26)10-18-22(29)27-28(23(18)30)17-4-2-1-3-5-17/h1-12H,13H2,(H,27,29)/b18-10-. The first-order chi connectivity index (χ1) is 14.9. The number of carbonyl (C=O) groups is 2. The van der Waals surface area contributed by atoms with Gasteiger partial charge in [-0.1, -0.05) is 65.1 Å². The molecule has 3 aromatic rings. The predicted molar refractivity (Wildman–Crippen MR) is 122 cm³/mol. The highest BCUT2D eigenvalue weighted by molar-refractivity contribution is 6.37. The first-order valence-electron chi connectivity index (χ1n) is 9.21. The van der Waals surface area contributed by atoms with E-state index in [9.17, 15) is 9.59 Å². The molecule has 1 fully saturated rings. The molecule has 8 heteroatoms. The molecule has 0 unspecified atom stereocenters. The third-order valence-electron chi connectivity index (χ3n) is 4.53. The number of hydrazine groups is 1. The van der Waals surface area contributed by atoms with E-state index in [1.54, 1.807) is 48.5 Å². The number of ether oxygens (including phenoxy) is 1. The molecule has 1 aliphatic rings. The van der Waals surface area contributed by atoms with Gasteiger partial charge >= 0.3 is 0 Å². The van der Waals surface area contributed by atoms with Crippen molar-refractivity contribution in [3.05, 3.63) is 98.5 Å². The Morgan fingerprint density at radius 3 is 2.19 bits per heavy atom. The molecule has 0 radical (unpaired) electrons. The van der Waals surface area contributed by atoms with E-state index in [2.05, 4.69) is 5.43 Å². The van der Waals surface area contributed by atoms with Gasteiger partial charge in [-0.2, -0.15) is 0 Å². The fourth-order valence-electron chi connectivity index (χ4n) is 3.02. The molecule has 1 aliphatic heterocycles. The zero-order valence-corrected chi connectivity index (χ0v) is 18.2. The predicted octanol–water partition coefficient (Wildman–Crippen LogP) is 5.69. The van der Waals surface area contributed by atoms with Crippen LogP contribution in [-0.4, -0.2) is 11.8 Å². The van der Waals surface area contributed by atoms with Crippen LogP contribution >= 0.6 is 34.8 Å². The molecule has 4 rings (SSSR count). The molecule has 1 saturated heterocycles. The van der Waals surface area contributed by atoms with Crippen molar-refractivity contribution in [2.45, 2.75) is 6.61 Å². The quantitative estimate of drug-likeness (QED) is 0.383. The van der Waals surface area contributed by atoms with Crippen LogP contribution in [0.3, 0.4) is 0 Å². The van der Waals surface area contributed by atoms with Crippen molar-refractivity contribution in [3.8, 4) is 5.75 Å². The number of amides is 2. The Labute approximate surface area is 193 Å². The minimum absolute atomic E-state index is 0.0224. The van der Waals surface area contributed by atoms with Crippen LogP contribution in [0.1, 0.15) is 11.1 Å². The van der Waals surface area contributed by atoms with Crippen LogP contribution in [0.5, 0.6) is 5.75 Å². The van der Waals surface area contributed by atoms with Crippen molar-refractivity contribution in [3.63, 3.8) is 0 Å². The van der Waals surface area contributed by atoms with Gasteiger partial charge in [-0.15, -0.1) is 0 Å². The highest BCUT2D eigenvalue weighted by Gasteiger charge is 2.34. The molecule has 0 spiro atoms. The second-order valence-electron chi connectivity index (χ2n) is 6.70. The number of hydrogen-bond acceptors (Lipinski definition) is 3. The third-order valence-corrected chi connectivity index (χ3v) is 5.35. The summed E-state index contributed by atoms with van der Waals surface area (Å²) in [7, 11) is 0. The maximum atomic E-state index is 12.7. The number of nitrogens with zero attached hydrogens (tertiary/aromatic N) is 1. The summed E-state index contributed by atoms with van der Waals surface area (Å²) < 4.78 is 5.75. The summed E-state index contributed by atoms with van der Waals surface area (Å²) in [5, 5.41) is 2.35. The highest BCUT2D eigenvalue weighted by atomic mass is 35.5. The van der Waals surface area contributed by atoms with E-state index < -0.39 is 11.8 Å². The van der Waals surface area contributed by atoms with Crippen LogP contribution in [-0.2, 0) is 16.2 Å². The van der Waals surface area contributed by atoms with Gasteiger partial charge in [0.15, 0.2) is 5.75 Å². The van der Waals surface area contributed by atoms with E-state index in [1.165, 1.54) is 11.1 Å².